The van der Waals surface area contributed by atoms with E-state index < -0.39 is 0 Å². The summed E-state index contributed by atoms with van der Waals surface area (Å²) in [6.45, 7) is 3.96. The largest absolute Gasteiger partial charge is 0.352 e. The minimum absolute atomic E-state index is 0.0275. The number of benzene rings is 1. The molecule has 0 fully saturated rings. The minimum Gasteiger partial charge on any atom is -0.352 e. The second-order valence-corrected chi connectivity index (χ2v) is 5.37. The van der Waals surface area contributed by atoms with Crippen molar-refractivity contribution in [1.82, 2.24) is 10.6 Å². The van der Waals surface area contributed by atoms with Gasteiger partial charge in [0, 0.05) is 10.5 Å². The molecule has 0 aliphatic heterocycles. The summed E-state index contributed by atoms with van der Waals surface area (Å²) >= 11 is 3.34. The Kier molecular flexibility index (Phi) is 6.56. The molecule has 2 N–H and O–H groups in total. The number of hydrogen-bond donors (Lipinski definition) is 2. The first-order valence-corrected chi connectivity index (χ1v) is 7.11. The van der Waals surface area contributed by atoms with E-state index >= 15 is 0 Å². The van der Waals surface area contributed by atoms with E-state index in [2.05, 4.69) is 26.6 Å². The van der Waals surface area contributed by atoms with Gasteiger partial charge in [-0.15, -0.1) is 0 Å². The van der Waals surface area contributed by atoms with Gasteiger partial charge < -0.3 is 10.6 Å². The lowest BCUT2D eigenvalue weighted by Gasteiger charge is -2.11. The van der Waals surface area contributed by atoms with E-state index in [1.165, 1.54) is 0 Å². The highest BCUT2D eigenvalue weighted by atomic mass is 79.9. The summed E-state index contributed by atoms with van der Waals surface area (Å²) < 4.78 is 0.976. The van der Waals surface area contributed by atoms with Crippen molar-refractivity contribution in [1.29, 1.82) is 0 Å². The lowest BCUT2D eigenvalue weighted by molar-refractivity contribution is -0.126. The Balaban J connectivity index is 2.32. The molecule has 2 amide bonds. The van der Waals surface area contributed by atoms with Gasteiger partial charge in [-0.1, -0.05) is 35.0 Å². The lowest BCUT2D eigenvalue weighted by Crippen LogP contribution is -2.41. The van der Waals surface area contributed by atoms with Crippen molar-refractivity contribution in [3.05, 3.63) is 34.3 Å². The molecule has 1 rings (SSSR count). The van der Waals surface area contributed by atoms with E-state index in [-0.39, 0.29) is 30.8 Å². The number of carbonyl (C=O) groups excluding carboxylic acids is 2. The Labute approximate surface area is 122 Å². The van der Waals surface area contributed by atoms with Gasteiger partial charge in [0.1, 0.15) is 0 Å². The molecule has 0 heterocycles. The Bertz CT molecular complexity index is 432. The van der Waals surface area contributed by atoms with Crippen molar-refractivity contribution in [3.63, 3.8) is 0 Å². The van der Waals surface area contributed by atoms with Crippen LogP contribution in [0.4, 0.5) is 0 Å². The zero-order valence-corrected chi connectivity index (χ0v) is 12.8. The second kappa shape index (κ2) is 7.94. The summed E-state index contributed by atoms with van der Waals surface area (Å²) in [6, 6.07) is 7.67. The number of hydrogen-bond acceptors (Lipinski definition) is 2. The molecular formula is C14H19BrN2O2. The molecule has 1 unspecified atom stereocenters. The van der Waals surface area contributed by atoms with Gasteiger partial charge in [-0.25, -0.2) is 0 Å². The number of rotatable bonds is 6. The molecule has 1 atom stereocenters. The third-order valence-corrected chi connectivity index (χ3v) is 3.27. The van der Waals surface area contributed by atoms with Crippen molar-refractivity contribution in [2.75, 3.05) is 6.54 Å². The number of carbonyl (C=O) groups is 2. The molecule has 0 saturated carbocycles. The second-order valence-electron chi connectivity index (χ2n) is 4.46. The van der Waals surface area contributed by atoms with Crippen LogP contribution in [0.5, 0.6) is 0 Å². The predicted molar refractivity (Wildman–Crippen MR) is 78.8 cm³/mol. The van der Waals surface area contributed by atoms with E-state index in [4.69, 9.17) is 0 Å². The van der Waals surface area contributed by atoms with Crippen LogP contribution in [0.25, 0.3) is 0 Å². The molecule has 1 aromatic carbocycles. The van der Waals surface area contributed by atoms with E-state index in [9.17, 15) is 9.59 Å². The smallest absolute Gasteiger partial charge is 0.239 e. The van der Waals surface area contributed by atoms with Gasteiger partial charge in [0.05, 0.1) is 13.0 Å². The first kappa shape index (κ1) is 15.7. The van der Waals surface area contributed by atoms with Crippen LogP contribution in [0.1, 0.15) is 25.8 Å². The number of nitrogens with one attached hydrogen (secondary N) is 2. The summed E-state index contributed by atoms with van der Waals surface area (Å²) in [6.07, 6.45) is 1.16. The summed E-state index contributed by atoms with van der Waals surface area (Å²) in [4.78, 5) is 23.1. The van der Waals surface area contributed by atoms with Crippen LogP contribution in [-0.2, 0) is 16.0 Å². The first-order valence-electron chi connectivity index (χ1n) is 6.31. The fourth-order valence-corrected chi connectivity index (χ4v) is 1.72. The van der Waals surface area contributed by atoms with Crippen LogP contribution in [0, 0.1) is 0 Å². The normalized spacial score (nSPS) is 11.7. The standard InChI is InChI=1S/C14H19BrN2O2/c1-3-10(2)17-14(19)9-16-13(18)8-11-4-6-12(15)7-5-11/h4-7,10H,3,8-9H2,1-2H3,(H,16,18)(H,17,19). The number of amides is 2. The third-order valence-electron chi connectivity index (χ3n) is 2.74. The first-order chi connectivity index (χ1) is 9.01. The fraction of sp³-hybridized carbons (Fsp3) is 0.429. The SMILES string of the molecule is CCC(C)NC(=O)CNC(=O)Cc1ccc(Br)cc1. The van der Waals surface area contributed by atoms with Crippen LogP contribution < -0.4 is 10.6 Å². The Morgan fingerprint density at radius 3 is 2.42 bits per heavy atom. The van der Waals surface area contributed by atoms with Crippen LogP contribution >= 0.6 is 15.9 Å². The molecule has 0 spiro atoms. The average Bonchev–Trinajstić information content (AvgIpc) is 2.39. The molecule has 5 heteroatoms. The van der Waals surface area contributed by atoms with Crippen molar-refractivity contribution < 1.29 is 9.59 Å². The molecule has 1 aromatic rings. The summed E-state index contributed by atoms with van der Waals surface area (Å²) in [5.41, 5.74) is 0.919. The molecule has 0 aliphatic carbocycles. The van der Waals surface area contributed by atoms with E-state index in [0.29, 0.717) is 0 Å². The predicted octanol–water partition coefficient (Wildman–Crippen LogP) is 2.02. The summed E-state index contributed by atoms with van der Waals surface area (Å²) in [7, 11) is 0. The van der Waals surface area contributed by atoms with Crippen LogP contribution in [-0.4, -0.2) is 24.4 Å². The van der Waals surface area contributed by atoms with Crippen LogP contribution in [0.15, 0.2) is 28.7 Å². The van der Waals surface area contributed by atoms with Crippen LogP contribution in [0.2, 0.25) is 0 Å². The molecule has 0 aromatic heterocycles. The fourth-order valence-electron chi connectivity index (χ4n) is 1.46. The molecule has 0 bridgehead atoms. The molecule has 0 aliphatic rings. The Hall–Kier alpha value is -1.36. The topological polar surface area (TPSA) is 58.2 Å². The van der Waals surface area contributed by atoms with Crippen LogP contribution in [0.3, 0.4) is 0 Å². The van der Waals surface area contributed by atoms with Crippen molar-refractivity contribution in [3.8, 4) is 0 Å². The van der Waals surface area contributed by atoms with Gasteiger partial charge >= 0.3 is 0 Å². The lowest BCUT2D eigenvalue weighted by atomic mass is 10.1. The molecular weight excluding hydrogens is 308 g/mol. The van der Waals surface area contributed by atoms with Gasteiger partial charge in [-0.3, -0.25) is 9.59 Å². The van der Waals surface area contributed by atoms with Crippen molar-refractivity contribution in [2.45, 2.75) is 32.7 Å². The average molecular weight is 327 g/mol. The Morgan fingerprint density at radius 1 is 1.21 bits per heavy atom. The van der Waals surface area contributed by atoms with Crippen molar-refractivity contribution >= 4 is 27.7 Å². The molecule has 0 saturated heterocycles. The molecule has 104 valence electrons. The van der Waals surface area contributed by atoms with Gasteiger partial charge in [0.25, 0.3) is 0 Å². The summed E-state index contributed by atoms with van der Waals surface area (Å²) in [5, 5.41) is 5.41. The molecule has 0 radical (unpaired) electrons. The monoisotopic (exact) mass is 326 g/mol. The maximum atomic E-state index is 11.7. The van der Waals surface area contributed by atoms with Crippen molar-refractivity contribution in [2.24, 2.45) is 0 Å². The maximum absolute atomic E-state index is 11.7. The molecule has 4 nitrogen and oxygen atoms in total. The van der Waals surface area contributed by atoms with Gasteiger partial charge in [-0.05, 0) is 31.0 Å². The highest BCUT2D eigenvalue weighted by Gasteiger charge is 2.08. The van der Waals surface area contributed by atoms with E-state index in [1.807, 2.05) is 38.1 Å². The highest BCUT2D eigenvalue weighted by Crippen LogP contribution is 2.10. The van der Waals surface area contributed by atoms with Gasteiger partial charge in [0.15, 0.2) is 0 Å². The quantitative estimate of drug-likeness (QED) is 0.840. The zero-order valence-electron chi connectivity index (χ0n) is 11.2. The zero-order chi connectivity index (χ0) is 14.3. The maximum Gasteiger partial charge on any atom is 0.239 e. The van der Waals surface area contributed by atoms with Gasteiger partial charge in [-0.2, -0.15) is 0 Å². The van der Waals surface area contributed by atoms with E-state index in [1.54, 1.807) is 0 Å². The minimum atomic E-state index is -0.154. The Morgan fingerprint density at radius 2 is 1.84 bits per heavy atom. The highest BCUT2D eigenvalue weighted by molar-refractivity contribution is 9.10. The summed E-state index contributed by atoms with van der Waals surface area (Å²) in [5.74, 6) is -0.305. The number of halogens is 1. The molecule has 19 heavy (non-hydrogen) atoms. The van der Waals surface area contributed by atoms with Gasteiger partial charge in [0.2, 0.25) is 11.8 Å². The third kappa shape index (κ3) is 6.38. The van der Waals surface area contributed by atoms with E-state index in [0.717, 1.165) is 16.5 Å².